The largest absolute Gasteiger partial charge is 0.451 e. The molecule has 2 rings (SSSR count). The number of nitrogens with one attached hydrogen (secondary N) is 1. The number of rotatable bonds is 7. The Labute approximate surface area is 152 Å². The summed E-state index contributed by atoms with van der Waals surface area (Å²) in [5.74, 6) is -2.35. The molecule has 0 fully saturated rings. The quantitative estimate of drug-likeness (QED) is 0.725. The van der Waals surface area contributed by atoms with Gasteiger partial charge in [0.05, 0.1) is 17.2 Å². The van der Waals surface area contributed by atoms with Crippen LogP contribution in [-0.2, 0) is 34.4 Å². The summed E-state index contributed by atoms with van der Waals surface area (Å²) in [7, 11) is -2.67. The number of halogens is 3. The average Bonchev–Trinajstić information content (AvgIpc) is 2.89. The van der Waals surface area contributed by atoms with Crippen LogP contribution in [0.3, 0.4) is 0 Å². The molecule has 0 atom stereocenters. The van der Waals surface area contributed by atoms with E-state index >= 15 is 0 Å². The average molecular weight is 406 g/mol. The normalized spacial score (nSPS) is 12.1. The van der Waals surface area contributed by atoms with Gasteiger partial charge in [0, 0.05) is 20.0 Å². The molecule has 148 valence electrons. The van der Waals surface area contributed by atoms with Crippen molar-refractivity contribution in [1.82, 2.24) is 19.7 Å². The minimum absolute atomic E-state index is 0.0949. The van der Waals surface area contributed by atoms with Crippen LogP contribution in [0.4, 0.5) is 13.2 Å². The van der Waals surface area contributed by atoms with E-state index < -0.39 is 39.2 Å². The summed E-state index contributed by atoms with van der Waals surface area (Å²) in [6.45, 7) is -0.446. The maximum Gasteiger partial charge on any atom is 0.451 e. The van der Waals surface area contributed by atoms with Crippen LogP contribution in [0.25, 0.3) is 0 Å². The van der Waals surface area contributed by atoms with Crippen molar-refractivity contribution >= 4 is 15.7 Å². The van der Waals surface area contributed by atoms with Gasteiger partial charge in [-0.1, -0.05) is 18.2 Å². The fourth-order valence-electron chi connectivity index (χ4n) is 2.24. The summed E-state index contributed by atoms with van der Waals surface area (Å²) in [6.07, 6.45) is -5.09. The first-order valence-electron chi connectivity index (χ1n) is 7.78. The SMILES string of the molecule is Cn1c(C(F)(F)F)nn(CCNC(=O)CCS(=O)(=O)c2ccccc2)c1=O. The second kappa shape index (κ2) is 7.94. The third kappa shape index (κ3) is 5.18. The number of hydrogen-bond donors (Lipinski definition) is 1. The lowest BCUT2D eigenvalue weighted by molar-refractivity contribution is -0.147. The Morgan fingerprint density at radius 2 is 1.85 bits per heavy atom. The number of nitrogens with zero attached hydrogens (tertiary/aromatic N) is 3. The monoisotopic (exact) mass is 406 g/mol. The topological polar surface area (TPSA) is 103 Å². The molecule has 1 aromatic carbocycles. The number of carbonyl (C=O) groups is 1. The van der Waals surface area contributed by atoms with Crippen molar-refractivity contribution in [2.75, 3.05) is 12.3 Å². The van der Waals surface area contributed by atoms with Crippen molar-refractivity contribution in [3.8, 4) is 0 Å². The van der Waals surface area contributed by atoms with Gasteiger partial charge in [-0.2, -0.15) is 13.2 Å². The molecule has 8 nitrogen and oxygen atoms in total. The third-order valence-electron chi connectivity index (χ3n) is 3.64. The number of benzene rings is 1. The van der Waals surface area contributed by atoms with E-state index in [-0.39, 0.29) is 24.4 Å². The summed E-state index contributed by atoms with van der Waals surface area (Å²) < 4.78 is 63.1. The first kappa shape index (κ1) is 20.7. The van der Waals surface area contributed by atoms with Crippen LogP contribution in [0, 0.1) is 0 Å². The number of aromatic nitrogens is 3. The molecule has 0 bridgehead atoms. The number of alkyl halides is 3. The maximum atomic E-state index is 12.7. The summed E-state index contributed by atoms with van der Waals surface area (Å²) in [6, 6.07) is 7.62. The molecule has 12 heteroatoms. The molecule has 0 unspecified atom stereocenters. The molecule has 0 aliphatic rings. The first-order chi connectivity index (χ1) is 12.5. The van der Waals surface area contributed by atoms with Gasteiger partial charge in [-0.05, 0) is 12.1 Å². The molecule has 1 N–H and O–H groups in total. The Balaban J connectivity index is 1.88. The van der Waals surface area contributed by atoms with Gasteiger partial charge in [0.15, 0.2) is 9.84 Å². The molecule has 0 spiro atoms. The van der Waals surface area contributed by atoms with Crippen molar-refractivity contribution in [2.24, 2.45) is 7.05 Å². The second-order valence-electron chi connectivity index (χ2n) is 5.62. The van der Waals surface area contributed by atoms with Crippen LogP contribution in [0.1, 0.15) is 12.2 Å². The maximum absolute atomic E-state index is 12.7. The van der Waals surface area contributed by atoms with Crippen molar-refractivity contribution in [2.45, 2.75) is 24.0 Å². The zero-order valence-electron chi connectivity index (χ0n) is 14.2. The van der Waals surface area contributed by atoms with Crippen LogP contribution in [0.2, 0.25) is 0 Å². The van der Waals surface area contributed by atoms with Crippen molar-refractivity contribution < 1.29 is 26.4 Å². The van der Waals surface area contributed by atoms with Crippen molar-refractivity contribution in [3.05, 3.63) is 46.6 Å². The molecule has 1 heterocycles. The van der Waals surface area contributed by atoms with Crippen LogP contribution < -0.4 is 11.0 Å². The Kier molecular flexibility index (Phi) is 6.08. The Morgan fingerprint density at radius 3 is 2.41 bits per heavy atom. The van der Waals surface area contributed by atoms with Gasteiger partial charge in [0.2, 0.25) is 11.7 Å². The minimum atomic E-state index is -4.77. The summed E-state index contributed by atoms with van der Waals surface area (Å²) in [5.41, 5.74) is -0.969. The second-order valence-corrected chi connectivity index (χ2v) is 7.73. The summed E-state index contributed by atoms with van der Waals surface area (Å²) in [5, 5.41) is 5.55. The highest BCUT2D eigenvalue weighted by molar-refractivity contribution is 7.91. The van der Waals surface area contributed by atoms with Crippen molar-refractivity contribution in [1.29, 1.82) is 0 Å². The van der Waals surface area contributed by atoms with E-state index in [1.54, 1.807) is 18.2 Å². The number of carbonyl (C=O) groups excluding carboxylic acids is 1. The molecule has 0 saturated heterocycles. The zero-order chi connectivity index (χ0) is 20.2. The highest BCUT2D eigenvalue weighted by Crippen LogP contribution is 2.25. The summed E-state index contributed by atoms with van der Waals surface area (Å²) >= 11 is 0. The Hall–Kier alpha value is -2.63. The molecular weight excluding hydrogens is 389 g/mol. The minimum Gasteiger partial charge on any atom is -0.354 e. The van der Waals surface area contributed by atoms with Gasteiger partial charge in [0.1, 0.15) is 0 Å². The van der Waals surface area contributed by atoms with Gasteiger partial charge in [-0.3, -0.25) is 9.36 Å². The molecule has 0 aliphatic carbocycles. The van der Waals surface area contributed by atoms with Crippen LogP contribution in [0.5, 0.6) is 0 Å². The fourth-order valence-corrected chi connectivity index (χ4v) is 3.50. The lowest BCUT2D eigenvalue weighted by atomic mass is 10.4. The van der Waals surface area contributed by atoms with E-state index in [0.29, 0.717) is 9.25 Å². The zero-order valence-corrected chi connectivity index (χ0v) is 15.0. The molecule has 1 aromatic heterocycles. The van der Waals surface area contributed by atoms with Crippen LogP contribution >= 0.6 is 0 Å². The lowest BCUT2D eigenvalue weighted by Gasteiger charge is -2.06. The van der Waals surface area contributed by atoms with Gasteiger partial charge in [-0.15, -0.1) is 5.10 Å². The fraction of sp³-hybridized carbons (Fsp3) is 0.400. The predicted molar refractivity (Wildman–Crippen MR) is 88.6 cm³/mol. The number of sulfone groups is 1. The van der Waals surface area contributed by atoms with E-state index in [1.165, 1.54) is 12.1 Å². The predicted octanol–water partition coefficient (Wildman–Crippen LogP) is 0.581. The number of amides is 1. The van der Waals surface area contributed by atoms with E-state index in [4.69, 9.17) is 0 Å². The molecule has 1 amide bonds. The van der Waals surface area contributed by atoms with Gasteiger partial charge < -0.3 is 5.32 Å². The summed E-state index contributed by atoms with van der Waals surface area (Å²) in [4.78, 5) is 23.6. The Morgan fingerprint density at radius 1 is 1.22 bits per heavy atom. The number of hydrogen-bond acceptors (Lipinski definition) is 5. The van der Waals surface area contributed by atoms with E-state index in [0.717, 1.165) is 7.05 Å². The van der Waals surface area contributed by atoms with Crippen LogP contribution in [-0.4, -0.2) is 41.0 Å². The van der Waals surface area contributed by atoms with Gasteiger partial charge in [0.25, 0.3) is 0 Å². The third-order valence-corrected chi connectivity index (χ3v) is 5.37. The van der Waals surface area contributed by atoms with E-state index in [1.807, 2.05) is 0 Å². The highest BCUT2D eigenvalue weighted by atomic mass is 32.2. The molecule has 2 aromatic rings. The van der Waals surface area contributed by atoms with E-state index in [9.17, 15) is 31.2 Å². The highest BCUT2D eigenvalue weighted by Gasteiger charge is 2.37. The Bertz CT molecular complexity index is 965. The van der Waals surface area contributed by atoms with E-state index in [2.05, 4.69) is 10.4 Å². The molecular formula is C15H17F3N4O4S. The first-order valence-corrected chi connectivity index (χ1v) is 9.43. The lowest BCUT2D eigenvalue weighted by Crippen LogP contribution is -2.32. The molecule has 0 radical (unpaired) electrons. The molecule has 27 heavy (non-hydrogen) atoms. The van der Waals surface area contributed by atoms with Gasteiger partial charge >= 0.3 is 11.9 Å². The standard InChI is InChI=1S/C15H17F3N4O4S/c1-21-13(15(16,17)18)20-22(14(21)24)9-8-19-12(23)7-10-27(25,26)11-5-3-2-4-6-11/h2-6H,7-10H2,1H3,(H,19,23). The smallest absolute Gasteiger partial charge is 0.354 e. The molecule has 0 saturated carbocycles. The molecule has 0 aliphatic heterocycles. The van der Waals surface area contributed by atoms with Crippen LogP contribution in [0.15, 0.2) is 40.0 Å². The van der Waals surface area contributed by atoms with Gasteiger partial charge in [-0.25, -0.2) is 17.9 Å². The van der Waals surface area contributed by atoms with Crippen molar-refractivity contribution in [3.63, 3.8) is 0 Å².